The summed E-state index contributed by atoms with van der Waals surface area (Å²) in [5.74, 6) is -1.30. The number of hydrogen-bond donors (Lipinski definition) is 3. The maximum Gasteiger partial charge on any atom is 0.245 e. The zero-order valence-corrected chi connectivity index (χ0v) is 19.3. The van der Waals surface area contributed by atoms with Crippen LogP contribution in [0.25, 0.3) is 11.1 Å². The number of aliphatic hydroxyl groups excluding tert-OH is 1. The SMILES string of the molecule is Cc1cc(-c2ccccc2CCNC(=O)CO)ccc1[C@H]1CNCC[C@@H]1c1cc(F)cc(F)c1. The molecule has 1 heterocycles. The van der Waals surface area contributed by atoms with Gasteiger partial charge < -0.3 is 15.7 Å². The predicted octanol–water partition coefficient (Wildman–Crippen LogP) is 4.45. The van der Waals surface area contributed by atoms with Crippen LogP contribution in [0.15, 0.2) is 60.7 Å². The molecular formula is C28H30F2N2O2. The first-order valence-corrected chi connectivity index (χ1v) is 11.7. The summed E-state index contributed by atoms with van der Waals surface area (Å²) in [4.78, 5) is 11.3. The Morgan fingerprint density at radius 2 is 1.82 bits per heavy atom. The Labute approximate surface area is 199 Å². The number of aliphatic hydroxyl groups is 1. The quantitative estimate of drug-likeness (QED) is 0.484. The molecule has 4 rings (SSSR count). The second-order valence-corrected chi connectivity index (χ2v) is 8.90. The van der Waals surface area contributed by atoms with Gasteiger partial charge in [0.05, 0.1) is 0 Å². The lowest BCUT2D eigenvalue weighted by molar-refractivity contribution is -0.123. The van der Waals surface area contributed by atoms with Crippen LogP contribution in [-0.4, -0.2) is 37.3 Å². The van der Waals surface area contributed by atoms with E-state index in [0.29, 0.717) is 18.5 Å². The van der Waals surface area contributed by atoms with Gasteiger partial charge in [-0.1, -0.05) is 42.5 Å². The molecular weight excluding hydrogens is 434 g/mol. The molecule has 3 N–H and O–H groups in total. The number of halogens is 2. The van der Waals surface area contributed by atoms with Crippen molar-refractivity contribution >= 4 is 5.91 Å². The monoisotopic (exact) mass is 464 g/mol. The molecule has 1 aliphatic heterocycles. The van der Waals surface area contributed by atoms with Crippen LogP contribution in [0.4, 0.5) is 8.78 Å². The zero-order chi connectivity index (χ0) is 24.1. The van der Waals surface area contributed by atoms with Gasteiger partial charge in [-0.15, -0.1) is 0 Å². The highest BCUT2D eigenvalue weighted by Gasteiger charge is 2.29. The van der Waals surface area contributed by atoms with Gasteiger partial charge in [0.1, 0.15) is 18.2 Å². The molecule has 3 aromatic rings. The number of piperidine rings is 1. The summed E-state index contributed by atoms with van der Waals surface area (Å²) in [7, 11) is 0. The number of rotatable bonds is 7. The highest BCUT2D eigenvalue weighted by Crippen LogP contribution is 2.40. The minimum atomic E-state index is -0.536. The minimum Gasteiger partial charge on any atom is -0.387 e. The van der Waals surface area contributed by atoms with Gasteiger partial charge in [-0.2, -0.15) is 0 Å². The summed E-state index contributed by atoms with van der Waals surface area (Å²) in [6, 6.07) is 18.3. The van der Waals surface area contributed by atoms with Crippen LogP contribution < -0.4 is 10.6 Å². The molecule has 34 heavy (non-hydrogen) atoms. The summed E-state index contributed by atoms with van der Waals surface area (Å²) < 4.78 is 27.9. The molecule has 0 bridgehead atoms. The molecule has 1 amide bonds. The fourth-order valence-electron chi connectivity index (χ4n) is 5.05. The minimum absolute atomic E-state index is 0.0402. The van der Waals surface area contributed by atoms with E-state index in [1.54, 1.807) is 0 Å². The van der Waals surface area contributed by atoms with Crippen molar-refractivity contribution in [3.8, 4) is 11.1 Å². The van der Waals surface area contributed by atoms with E-state index in [9.17, 15) is 13.6 Å². The number of benzene rings is 3. The third-order valence-electron chi connectivity index (χ3n) is 6.65. The van der Waals surface area contributed by atoms with Crippen LogP contribution in [0.5, 0.6) is 0 Å². The Balaban J connectivity index is 1.60. The van der Waals surface area contributed by atoms with Crippen molar-refractivity contribution in [1.82, 2.24) is 10.6 Å². The molecule has 0 aromatic heterocycles. The van der Waals surface area contributed by atoms with Crippen molar-refractivity contribution in [3.05, 3.63) is 94.6 Å². The Morgan fingerprint density at radius 3 is 2.56 bits per heavy atom. The average molecular weight is 465 g/mol. The van der Waals surface area contributed by atoms with Crippen LogP contribution in [0, 0.1) is 18.6 Å². The van der Waals surface area contributed by atoms with Crippen LogP contribution in [0.3, 0.4) is 0 Å². The van der Waals surface area contributed by atoms with Crippen LogP contribution in [0.2, 0.25) is 0 Å². The van der Waals surface area contributed by atoms with Gasteiger partial charge >= 0.3 is 0 Å². The highest BCUT2D eigenvalue weighted by molar-refractivity contribution is 5.77. The zero-order valence-electron chi connectivity index (χ0n) is 19.3. The molecule has 0 unspecified atom stereocenters. The molecule has 0 spiro atoms. The maximum absolute atomic E-state index is 13.9. The van der Waals surface area contributed by atoms with Gasteiger partial charge in [-0.3, -0.25) is 4.79 Å². The van der Waals surface area contributed by atoms with Gasteiger partial charge in [0.15, 0.2) is 0 Å². The van der Waals surface area contributed by atoms with Gasteiger partial charge in [0.25, 0.3) is 0 Å². The first-order chi connectivity index (χ1) is 16.5. The van der Waals surface area contributed by atoms with E-state index in [0.717, 1.165) is 47.8 Å². The van der Waals surface area contributed by atoms with E-state index >= 15 is 0 Å². The van der Waals surface area contributed by atoms with E-state index in [-0.39, 0.29) is 17.7 Å². The van der Waals surface area contributed by atoms with Gasteiger partial charge in [-0.05, 0) is 77.7 Å². The lowest BCUT2D eigenvalue weighted by Gasteiger charge is -2.34. The fraction of sp³-hybridized carbons (Fsp3) is 0.321. The van der Waals surface area contributed by atoms with Crippen molar-refractivity contribution in [2.24, 2.45) is 0 Å². The van der Waals surface area contributed by atoms with E-state index in [1.807, 2.05) is 18.2 Å². The Morgan fingerprint density at radius 1 is 1.06 bits per heavy atom. The Bertz CT molecular complexity index is 1140. The first kappa shape index (κ1) is 24.0. The highest BCUT2D eigenvalue weighted by atomic mass is 19.1. The summed E-state index contributed by atoms with van der Waals surface area (Å²) >= 11 is 0. The Hall–Kier alpha value is -3.09. The van der Waals surface area contributed by atoms with E-state index in [1.165, 1.54) is 17.7 Å². The molecule has 178 valence electrons. The molecule has 0 saturated carbocycles. The van der Waals surface area contributed by atoms with Crippen molar-refractivity contribution in [1.29, 1.82) is 0 Å². The largest absolute Gasteiger partial charge is 0.387 e. The molecule has 1 saturated heterocycles. The molecule has 0 aliphatic carbocycles. The molecule has 1 fully saturated rings. The molecule has 1 aliphatic rings. The summed E-state index contributed by atoms with van der Waals surface area (Å²) in [5, 5.41) is 15.0. The molecule has 0 radical (unpaired) electrons. The Kier molecular flexibility index (Phi) is 7.70. The summed E-state index contributed by atoms with van der Waals surface area (Å²) in [5.41, 5.74) is 6.32. The second-order valence-electron chi connectivity index (χ2n) is 8.90. The van der Waals surface area contributed by atoms with Crippen molar-refractivity contribution in [3.63, 3.8) is 0 Å². The molecule has 3 aromatic carbocycles. The standard InChI is InChI=1S/C28H30F2N2O2/c1-18-12-20(25-5-3-2-4-19(25)8-11-32-28(34)17-33)6-7-24(18)27-16-31-10-9-26(27)21-13-22(29)15-23(30)14-21/h2-7,12-15,26-27,31,33H,8-11,16-17H2,1H3,(H,32,34)/t26-,27-/m1/s1. The fourth-order valence-corrected chi connectivity index (χ4v) is 5.05. The number of aryl methyl sites for hydroxylation is 1. The smallest absolute Gasteiger partial charge is 0.245 e. The number of nitrogens with one attached hydrogen (secondary N) is 2. The average Bonchev–Trinajstić information content (AvgIpc) is 2.83. The number of amides is 1. The molecule has 4 nitrogen and oxygen atoms in total. The second kappa shape index (κ2) is 10.9. The van der Waals surface area contributed by atoms with E-state index in [4.69, 9.17) is 5.11 Å². The topological polar surface area (TPSA) is 61.4 Å². The summed E-state index contributed by atoms with van der Waals surface area (Å²) in [6.45, 7) is 3.59. The molecule has 6 heteroatoms. The van der Waals surface area contributed by atoms with Crippen LogP contribution >= 0.6 is 0 Å². The van der Waals surface area contributed by atoms with Crippen molar-refractivity contribution in [2.45, 2.75) is 31.6 Å². The van der Waals surface area contributed by atoms with Gasteiger partial charge in [0.2, 0.25) is 5.91 Å². The third kappa shape index (κ3) is 5.51. The lowest BCUT2D eigenvalue weighted by atomic mass is 9.75. The molecule has 2 atom stereocenters. The number of hydrogen-bond acceptors (Lipinski definition) is 3. The third-order valence-corrected chi connectivity index (χ3v) is 6.65. The summed E-state index contributed by atoms with van der Waals surface area (Å²) in [6.07, 6.45) is 1.47. The van der Waals surface area contributed by atoms with Gasteiger partial charge in [-0.25, -0.2) is 8.78 Å². The van der Waals surface area contributed by atoms with Crippen LogP contribution in [-0.2, 0) is 11.2 Å². The van der Waals surface area contributed by atoms with Gasteiger partial charge in [0, 0.05) is 25.1 Å². The van der Waals surface area contributed by atoms with E-state index < -0.39 is 18.2 Å². The van der Waals surface area contributed by atoms with Crippen molar-refractivity contribution in [2.75, 3.05) is 26.2 Å². The van der Waals surface area contributed by atoms with Crippen LogP contribution in [0.1, 0.15) is 40.5 Å². The maximum atomic E-state index is 13.9. The van der Waals surface area contributed by atoms with Crippen molar-refractivity contribution < 1.29 is 18.7 Å². The number of carbonyl (C=O) groups is 1. The predicted molar refractivity (Wildman–Crippen MR) is 130 cm³/mol. The number of carbonyl (C=O) groups excluding carboxylic acids is 1. The van der Waals surface area contributed by atoms with E-state index in [2.05, 4.69) is 41.8 Å². The first-order valence-electron chi connectivity index (χ1n) is 11.7. The lowest BCUT2D eigenvalue weighted by Crippen LogP contribution is -2.34. The normalized spacial score (nSPS) is 18.0.